The molecule has 0 aromatic carbocycles. The molecular formula is C17H27N3O2. The summed E-state index contributed by atoms with van der Waals surface area (Å²) >= 11 is 0. The lowest BCUT2D eigenvalue weighted by Gasteiger charge is -2.34. The zero-order chi connectivity index (χ0) is 16.2. The van der Waals surface area contributed by atoms with Gasteiger partial charge in [0.15, 0.2) is 0 Å². The Morgan fingerprint density at radius 3 is 2.95 bits per heavy atom. The molecule has 5 heteroatoms. The predicted molar refractivity (Wildman–Crippen MR) is 88.0 cm³/mol. The van der Waals surface area contributed by atoms with Gasteiger partial charge < -0.3 is 15.0 Å². The number of pyridine rings is 1. The second-order valence-corrected chi connectivity index (χ2v) is 7.03. The van der Waals surface area contributed by atoms with Crippen LogP contribution in [0.3, 0.4) is 0 Å². The largest absolute Gasteiger partial charge is 0.444 e. The number of nitrogens with zero attached hydrogens (tertiary/aromatic N) is 2. The topological polar surface area (TPSA) is 54.5 Å². The lowest BCUT2D eigenvalue weighted by molar-refractivity contribution is 0.0172. The van der Waals surface area contributed by atoms with E-state index >= 15 is 0 Å². The number of carbonyl (C=O) groups excluding carboxylic acids is 1. The lowest BCUT2D eigenvalue weighted by Crippen LogP contribution is -2.44. The number of anilines is 1. The summed E-state index contributed by atoms with van der Waals surface area (Å²) in [4.78, 5) is 18.3. The van der Waals surface area contributed by atoms with Crippen molar-refractivity contribution in [3.05, 3.63) is 23.9 Å². The van der Waals surface area contributed by atoms with E-state index in [9.17, 15) is 4.79 Å². The zero-order valence-corrected chi connectivity index (χ0v) is 14.1. The third-order valence-corrected chi connectivity index (χ3v) is 3.66. The summed E-state index contributed by atoms with van der Waals surface area (Å²) in [5, 5.41) is 3.37. The highest BCUT2D eigenvalue weighted by Crippen LogP contribution is 2.20. The first kappa shape index (κ1) is 16.6. The molecule has 5 nitrogen and oxygen atoms in total. The second-order valence-electron chi connectivity index (χ2n) is 7.03. The van der Waals surface area contributed by atoms with Crippen LogP contribution in [0, 0.1) is 12.8 Å². The fourth-order valence-corrected chi connectivity index (χ4v) is 2.61. The molecule has 122 valence electrons. The number of hydrogen-bond donors (Lipinski definition) is 1. The number of piperidine rings is 1. The van der Waals surface area contributed by atoms with E-state index in [1.807, 2.05) is 44.0 Å². The fourth-order valence-electron chi connectivity index (χ4n) is 2.61. The Balaban J connectivity index is 1.84. The number of hydrogen-bond acceptors (Lipinski definition) is 4. The Morgan fingerprint density at radius 2 is 2.27 bits per heavy atom. The van der Waals surface area contributed by atoms with Gasteiger partial charge >= 0.3 is 6.09 Å². The number of aryl methyl sites for hydroxylation is 1. The van der Waals surface area contributed by atoms with E-state index in [1.54, 1.807) is 0 Å². The Bertz CT molecular complexity index is 511. The van der Waals surface area contributed by atoms with Crippen molar-refractivity contribution in [1.82, 2.24) is 9.88 Å². The first-order chi connectivity index (χ1) is 10.3. The molecule has 1 aliphatic rings. The molecule has 1 fully saturated rings. The van der Waals surface area contributed by atoms with Gasteiger partial charge in [-0.05, 0) is 64.2 Å². The van der Waals surface area contributed by atoms with E-state index in [4.69, 9.17) is 4.74 Å². The second kappa shape index (κ2) is 6.99. The molecule has 0 bridgehead atoms. The molecule has 1 saturated heterocycles. The van der Waals surface area contributed by atoms with E-state index in [0.29, 0.717) is 5.92 Å². The van der Waals surface area contributed by atoms with Gasteiger partial charge in [-0.2, -0.15) is 0 Å². The summed E-state index contributed by atoms with van der Waals surface area (Å²) in [5.41, 5.74) is 0.754. The summed E-state index contributed by atoms with van der Waals surface area (Å²) in [6.07, 6.45) is 3.75. The van der Waals surface area contributed by atoms with Crippen molar-refractivity contribution < 1.29 is 9.53 Å². The number of nitrogens with one attached hydrogen (secondary N) is 1. The molecule has 2 rings (SSSR count). The van der Waals surface area contributed by atoms with Crippen LogP contribution in [0.15, 0.2) is 18.3 Å². The Kier molecular flexibility index (Phi) is 5.27. The van der Waals surface area contributed by atoms with E-state index < -0.39 is 5.60 Å². The molecule has 0 saturated carbocycles. The third-order valence-electron chi connectivity index (χ3n) is 3.66. The Hall–Kier alpha value is -1.78. The maximum absolute atomic E-state index is 12.1. The minimum Gasteiger partial charge on any atom is -0.444 e. The lowest BCUT2D eigenvalue weighted by atomic mass is 9.98. The van der Waals surface area contributed by atoms with Gasteiger partial charge in [0.05, 0.1) is 0 Å². The van der Waals surface area contributed by atoms with Crippen molar-refractivity contribution >= 4 is 11.9 Å². The standard InChI is InChI=1S/C17H27N3O2/c1-13-7-8-18-15(10-13)19-11-14-6-5-9-20(12-14)16(21)22-17(2,3)4/h7-8,10,14H,5-6,9,11-12H2,1-4H3,(H,18,19)/t14-/m0/s1. The van der Waals surface area contributed by atoms with Crippen molar-refractivity contribution in [2.24, 2.45) is 5.92 Å². The maximum Gasteiger partial charge on any atom is 0.410 e. The third kappa shape index (κ3) is 5.20. The Morgan fingerprint density at radius 1 is 1.50 bits per heavy atom. The van der Waals surface area contributed by atoms with Crippen LogP contribution >= 0.6 is 0 Å². The normalized spacial score (nSPS) is 18.9. The molecular weight excluding hydrogens is 278 g/mol. The quantitative estimate of drug-likeness (QED) is 0.929. The van der Waals surface area contributed by atoms with E-state index in [1.165, 1.54) is 5.56 Å². The zero-order valence-electron chi connectivity index (χ0n) is 14.1. The van der Waals surface area contributed by atoms with Gasteiger partial charge in [0.1, 0.15) is 11.4 Å². The maximum atomic E-state index is 12.1. The molecule has 0 spiro atoms. The first-order valence-electron chi connectivity index (χ1n) is 7.98. The van der Waals surface area contributed by atoms with Crippen molar-refractivity contribution in [3.8, 4) is 0 Å². The summed E-state index contributed by atoms with van der Waals surface area (Å²) in [6, 6.07) is 4.02. The van der Waals surface area contributed by atoms with Gasteiger partial charge in [0.25, 0.3) is 0 Å². The minimum atomic E-state index is -0.437. The molecule has 1 amide bonds. The summed E-state index contributed by atoms with van der Waals surface area (Å²) in [5.74, 6) is 1.33. The van der Waals surface area contributed by atoms with Gasteiger partial charge in [-0.3, -0.25) is 0 Å². The van der Waals surface area contributed by atoms with Crippen LogP contribution in [-0.4, -0.2) is 41.2 Å². The molecule has 2 heterocycles. The fraction of sp³-hybridized carbons (Fsp3) is 0.647. The molecule has 0 aliphatic carbocycles. The van der Waals surface area contributed by atoms with Crippen LogP contribution < -0.4 is 5.32 Å². The molecule has 1 aliphatic heterocycles. The molecule has 0 radical (unpaired) electrons. The number of aromatic nitrogens is 1. The van der Waals surface area contributed by atoms with E-state index in [-0.39, 0.29) is 6.09 Å². The molecule has 1 aromatic heterocycles. The summed E-state index contributed by atoms with van der Waals surface area (Å²) in [7, 11) is 0. The smallest absolute Gasteiger partial charge is 0.410 e. The number of likely N-dealkylation sites (tertiary alicyclic amines) is 1. The molecule has 22 heavy (non-hydrogen) atoms. The molecule has 1 atom stereocenters. The summed E-state index contributed by atoms with van der Waals surface area (Å²) in [6.45, 7) is 10.1. The van der Waals surface area contributed by atoms with Crippen molar-refractivity contribution in [1.29, 1.82) is 0 Å². The van der Waals surface area contributed by atoms with E-state index in [0.717, 1.165) is 38.3 Å². The number of ether oxygens (including phenoxy) is 1. The van der Waals surface area contributed by atoms with Gasteiger partial charge in [-0.25, -0.2) is 9.78 Å². The van der Waals surface area contributed by atoms with Crippen LogP contribution in [0.5, 0.6) is 0 Å². The molecule has 1 aromatic rings. The van der Waals surface area contributed by atoms with Crippen LogP contribution in [0.2, 0.25) is 0 Å². The Labute approximate surface area is 133 Å². The van der Waals surface area contributed by atoms with Crippen molar-refractivity contribution in [2.75, 3.05) is 25.0 Å². The van der Waals surface area contributed by atoms with Crippen LogP contribution in [0.1, 0.15) is 39.2 Å². The average Bonchev–Trinajstić information content (AvgIpc) is 2.44. The average molecular weight is 305 g/mol. The van der Waals surface area contributed by atoms with E-state index in [2.05, 4.69) is 17.2 Å². The summed E-state index contributed by atoms with van der Waals surface area (Å²) < 4.78 is 5.46. The highest BCUT2D eigenvalue weighted by molar-refractivity contribution is 5.68. The van der Waals surface area contributed by atoms with Gasteiger partial charge in [-0.15, -0.1) is 0 Å². The van der Waals surface area contributed by atoms with Crippen molar-refractivity contribution in [3.63, 3.8) is 0 Å². The monoisotopic (exact) mass is 305 g/mol. The van der Waals surface area contributed by atoms with Crippen LogP contribution in [0.25, 0.3) is 0 Å². The molecule has 0 unspecified atom stereocenters. The number of amides is 1. The predicted octanol–water partition coefficient (Wildman–Crippen LogP) is 3.45. The highest BCUT2D eigenvalue weighted by atomic mass is 16.6. The number of carbonyl (C=O) groups is 1. The SMILES string of the molecule is Cc1ccnc(NC[C@@H]2CCCN(C(=O)OC(C)(C)C)C2)c1. The number of rotatable bonds is 3. The van der Waals surface area contributed by atoms with Crippen molar-refractivity contribution in [2.45, 2.75) is 46.1 Å². The minimum absolute atomic E-state index is 0.203. The highest BCUT2D eigenvalue weighted by Gasteiger charge is 2.27. The van der Waals surface area contributed by atoms with Crippen LogP contribution in [0.4, 0.5) is 10.6 Å². The van der Waals surface area contributed by atoms with Gasteiger partial charge in [0.2, 0.25) is 0 Å². The molecule has 1 N–H and O–H groups in total. The van der Waals surface area contributed by atoms with Gasteiger partial charge in [0, 0.05) is 25.8 Å². The van der Waals surface area contributed by atoms with Crippen LogP contribution in [-0.2, 0) is 4.74 Å². The first-order valence-corrected chi connectivity index (χ1v) is 7.98. The van der Waals surface area contributed by atoms with Gasteiger partial charge in [-0.1, -0.05) is 0 Å².